The number of nitrogens with zero attached hydrogens (tertiary/aromatic N) is 2. The topological polar surface area (TPSA) is 17.8 Å². The van der Waals surface area contributed by atoms with E-state index in [-0.39, 0.29) is 0 Å². The lowest BCUT2D eigenvalue weighted by Gasteiger charge is -1.96. The Hall–Kier alpha value is -0.180. The minimum atomic E-state index is 0.456. The molecule has 0 aromatic carbocycles. The SMILES string of the molecule is Cl/C=C(/Cl)Cn1cc(Cl)cn1. The lowest BCUT2D eigenvalue weighted by Crippen LogP contribution is -1.97. The minimum absolute atomic E-state index is 0.456. The van der Waals surface area contributed by atoms with Crippen LogP contribution in [0.1, 0.15) is 0 Å². The average Bonchev–Trinajstić information content (AvgIpc) is 2.35. The van der Waals surface area contributed by atoms with Gasteiger partial charge in [0.1, 0.15) is 0 Å². The summed E-state index contributed by atoms with van der Waals surface area (Å²) in [6.45, 7) is 0.456. The van der Waals surface area contributed by atoms with Crippen molar-refractivity contribution in [1.82, 2.24) is 9.78 Å². The van der Waals surface area contributed by atoms with Crippen LogP contribution in [0.5, 0.6) is 0 Å². The van der Waals surface area contributed by atoms with E-state index in [0.29, 0.717) is 16.6 Å². The quantitative estimate of drug-likeness (QED) is 0.735. The van der Waals surface area contributed by atoms with E-state index in [9.17, 15) is 0 Å². The van der Waals surface area contributed by atoms with Gasteiger partial charge in [0.15, 0.2) is 0 Å². The summed E-state index contributed by atoms with van der Waals surface area (Å²) in [5.41, 5.74) is 1.30. The first-order valence-electron chi connectivity index (χ1n) is 2.85. The van der Waals surface area contributed by atoms with E-state index < -0.39 is 0 Å². The first kappa shape index (κ1) is 8.91. The average molecular weight is 211 g/mol. The van der Waals surface area contributed by atoms with Crippen LogP contribution in [0, 0.1) is 0 Å². The molecule has 0 radical (unpaired) electrons. The molecule has 0 unspecified atom stereocenters. The van der Waals surface area contributed by atoms with Crippen LogP contribution in [0.4, 0.5) is 0 Å². The van der Waals surface area contributed by atoms with Gasteiger partial charge in [-0.25, -0.2) is 0 Å². The molecule has 0 saturated heterocycles. The summed E-state index contributed by atoms with van der Waals surface area (Å²) < 4.78 is 1.60. The second-order valence-electron chi connectivity index (χ2n) is 1.91. The van der Waals surface area contributed by atoms with Gasteiger partial charge in [-0.2, -0.15) is 5.10 Å². The summed E-state index contributed by atoms with van der Waals surface area (Å²) >= 11 is 16.6. The number of halogens is 3. The van der Waals surface area contributed by atoms with Crippen molar-refractivity contribution < 1.29 is 0 Å². The first-order chi connectivity index (χ1) is 5.22. The maximum atomic E-state index is 5.63. The van der Waals surface area contributed by atoms with E-state index in [2.05, 4.69) is 5.10 Å². The molecule has 0 atom stereocenters. The predicted molar refractivity (Wildman–Crippen MR) is 47.0 cm³/mol. The number of rotatable bonds is 2. The second kappa shape index (κ2) is 4.00. The van der Waals surface area contributed by atoms with Crippen molar-refractivity contribution in [2.24, 2.45) is 0 Å². The molecule has 1 aromatic heterocycles. The molecule has 0 amide bonds. The second-order valence-corrected chi connectivity index (χ2v) is 3.05. The Kier molecular flexibility index (Phi) is 3.24. The molecule has 0 N–H and O–H groups in total. The number of aromatic nitrogens is 2. The minimum Gasteiger partial charge on any atom is -0.266 e. The zero-order valence-corrected chi connectivity index (χ0v) is 7.74. The smallest absolute Gasteiger partial charge is 0.0785 e. The molecule has 0 spiro atoms. The highest BCUT2D eigenvalue weighted by atomic mass is 35.5. The van der Waals surface area contributed by atoms with Gasteiger partial charge in [-0.1, -0.05) is 34.8 Å². The Balaban J connectivity index is 2.65. The maximum absolute atomic E-state index is 5.63. The third kappa shape index (κ3) is 2.73. The van der Waals surface area contributed by atoms with E-state index in [1.807, 2.05) is 0 Å². The molecule has 5 heteroatoms. The summed E-state index contributed by atoms with van der Waals surface area (Å²) in [6, 6.07) is 0. The molecular formula is C6H5Cl3N2. The van der Waals surface area contributed by atoms with E-state index in [0.717, 1.165) is 0 Å². The standard InChI is InChI=1S/C6H5Cl3N2/c7-1-5(8)3-11-4-6(9)2-10-11/h1-2,4H,3H2/b5-1+. The zero-order chi connectivity index (χ0) is 8.27. The van der Waals surface area contributed by atoms with Crippen molar-refractivity contribution in [1.29, 1.82) is 0 Å². The number of hydrogen-bond donors (Lipinski definition) is 0. The van der Waals surface area contributed by atoms with Crippen molar-refractivity contribution >= 4 is 34.8 Å². The van der Waals surface area contributed by atoms with Gasteiger partial charge in [0, 0.05) is 11.7 Å². The van der Waals surface area contributed by atoms with Gasteiger partial charge >= 0.3 is 0 Å². The van der Waals surface area contributed by atoms with Gasteiger partial charge in [-0.3, -0.25) is 4.68 Å². The largest absolute Gasteiger partial charge is 0.266 e. The van der Waals surface area contributed by atoms with Crippen molar-refractivity contribution in [3.05, 3.63) is 28.0 Å². The third-order valence-electron chi connectivity index (χ3n) is 1.03. The number of allylic oxidation sites excluding steroid dienone is 1. The third-order valence-corrected chi connectivity index (χ3v) is 1.83. The van der Waals surface area contributed by atoms with E-state index in [1.54, 1.807) is 17.1 Å². The Morgan fingerprint density at radius 3 is 2.91 bits per heavy atom. The molecular weight excluding hydrogens is 206 g/mol. The fraction of sp³-hybridized carbons (Fsp3) is 0.167. The highest BCUT2D eigenvalue weighted by Gasteiger charge is 1.96. The molecule has 0 aliphatic heterocycles. The van der Waals surface area contributed by atoms with Crippen LogP contribution in [0.15, 0.2) is 23.0 Å². The molecule has 60 valence electrons. The van der Waals surface area contributed by atoms with Crippen LogP contribution < -0.4 is 0 Å². The van der Waals surface area contributed by atoms with Gasteiger partial charge in [-0.05, 0) is 0 Å². The molecule has 0 saturated carbocycles. The highest BCUT2D eigenvalue weighted by Crippen LogP contribution is 2.09. The lowest BCUT2D eigenvalue weighted by molar-refractivity contribution is 0.695. The summed E-state index contributed by atoms with van der Waals surface area (Å²) in [5, 5.41) is 5.01. The van der Waals surface area contributed by atoms with Crippen molar-refractivity contribution in [2.45, 2.75) is 6.54 Å². The zero-order valence-electron chi connectivity index (χ0n) is 5.47. The molecule has 0 aliphatic rings. The van der Waals surface area contributed by atoms with Crippen molar-refractivity contribution in [2.75, 3.05) is 0 Å². The Labute approximate surface area is 79.4 Å². The van der Waals surface area contributed by atoms with E-state index in [1.165, 1.54) is 5.54 Å². The maximum Gasteiger partial charge on any atom is 0.0785 e. The molecule has 0 fully saturated rings. The summed E-state index contributed by atoms with van der Waals surface area (Å²) in [6.07, 6.45) is 3.21. The molecule has 0 bridgehead atoms. The lowest BCUT2D eigenvalue weighted by atomic mass is 10.6. The molecule has 11 heavy (non-hydrogen) atoms. The molecule has 1 aromatic rings. The Bertz CT molecular complexity index is 267. The number of hydrogen-bond acceptors (Lipinski definition) is 1. The van der Waals surface area contributed by atoms with Crippen LogP contribution in [0.3, 0.4) is 0 Å². The molecule has 1 rings (SSSR count). The normalized spacial score (nSPS) is 12.1. The Morgan fingerprint density at radius 2 is 2.45 bits per heavy atom. The summed E-state index contributed by atoms with van der Waals surface area (Å²) in [4.78, 5) is 0. The van der Waals surface area contributed by atoms with Gasteiger partial charge in [0.25, 0.3) is 0 Å². The molecule has 0 aliphatic carbocycles. The fourth-order valence-corrected chi connectivity index (χ4v) is 0.962. The van der Waals surface area contributed by atoms with E-state index in [4.69, 9.17) is 34.8 Å². The Morgan fingerprint density at radius 1 is 1.73 bits per heavy atom. The predicted octanol–water partition coefficient (Wildman–Crippen LogP) is 2.86. The van der Waals surface area contributed by atoms with Crippen LogP contribution in [-0.4, -0.2) is 9.78 Å². The highest BCUT2D eigenvalue weighted by molar-refractivity contribution is 6.36. The van der Waals surface area contributed by atoms with Gasteiger partial charge in [0.2, 0.25) is 0 Å². The van der Waals surface area contributed by atoms with Crippen LogP contribution >= 0.6 is 34.8 Å². The van der Waals surface area contributed by atoms with Crippen LogP contribution in [0.2, 0.25) is 5.02 Å². The summed E-state index contributed by atoms with van der Waals surface area (Å²) in [5.74, 6) is 0. The van der Waals surface area contributed by atoms with Crippen LogP contribution in [-0.2, 0) is 6.54 Å². The van der Waals surface area contributed by atoms with Gasteiger partial charge in [-0.15, -0.1) is 0 Å². The molecule has 1 heterocycles. The van der Waals surface area contributed by atoms with Gasteiger partial charge < -0.3 is 0 Å². The van der Waals surface area contributed by atoms with E-state index >= 15 is 0 Å². The summed E-state index contributed by atoms with van der Waals surface area (Å²) in [7, 11) is 0. The van der Waals surface area contributed by atoms with Crippen molar-refractivity contribution in [3.63, 3.8) is 0 Å². The van der Waals surface area contributed by atoms with Crippen molar-refractivity contribution in [3.8, 4) is 0 Å². The van der Waals surface area contributed by atoms with Crippen LogP contribution in [0.25, 0.3) is 0 Å². The molecule has 2 nitrogen and oxygen atoms in total. The monoisotopic (exact) mass is 210 g/mol. The van der Waals surface area contributed by atoms with Gasteiger partial charge in [0.05, 0.1) is 22.8 Å². The first-order valence-corrected chi connectivity index (χ1v) is 4.04. The fourth-order valence-electron chi connectivity index (χ4n) is 0.614.